The zero-order valence-electron chi connectivity index (χ0n) is 12.1. The van der Waals surface area contributed by atoms with E-state index in [1.807, 2.05) is 6.92 Å². The summed E-state index contributed by atoms with van der Waals surface area (Å²) in [6.45, 7) is 2.24. The van der Waals surface area contributed by atoms with Gasteiger partial charge in [-0.25, -0.2) is 9.59 Å². The van der Waals surface area contributed by atoms with Gasteiger partial charge in [0, 0.05) is 13.6 Å². The Morgan fingerprint density at radius 2 is 1.85 bits per heavy atom. The van der Waals surface area contributed by atoms with Crippen molar-refractivity contribution in [1.29, 1.82) is 0 Å². The molecule has 0 bridgehead atoms. The van der Waals surface area contributed by atoms with Crippen molar-refractivity contribution in [1.82, 2.24) is 15.5 Å². The molecular weight excluding hydrogens is 262 g/mol. The van der Waals surface area contributed by atoms with E-state index in [2.05, 4.69) is 10.6 Å². The molecule has 114 valence electrons. The maximum absolute atomic E-state index is 12.2. The van der Waals surface area contributed by atoms with Gasteiger partial charge in [-0.3, -0.25) is 4.79 Å². The molecule has 7 nitrogen and oxygen atoms in total. The third kappa shape index (κ3) is 3.85. The highest BCUT2D eigenvalue weighted by Crippen LogP contribution is 2.30. The number of carboxylic acids is 1. The Morgan fingerprint density at radius 3 is 2.30 bits per heavy atom. The summed E-state index contributed by atoms with van der Waals surface area (Å²) in [5, 5.41) is 14.4. The molecular formula is C13H23N3O4. The van der Waals surface area contributed by atoms with Crippen LogP contribution < -0.4 is 10.6 Å². The summed E-state index contributed by atoms with van der Waals surface area (Å²) in [5.74, 6) is -1.27. The number of amides is 3. The average molecular weight is 285 g/mol. The fraction of sp³-hybridized carbons (Fsp3) is 0.769. The minimum Gasteiger partial charge on any atom is -0.480 e. The maximum atomic E-state index is 12.2. The Labute approximate surface area is 118 Å². The number of nitrogens with one attached hydrogen (secondary N) is 2. The van der Waals surface area contributed by atoms with E-state index in [-0.39, 0.29) is 12.5 Å². The monoisotopic (exact) mass is 285 g/mol. The first-order valence-electron chi connectivity index (χ1n) is 6.96. The zero-order chi connectivity index (χ0) is 15.2. The Morgan fingerprint density at radius 1 is 1.25 bits per heavy atom. The van der Waals surface area contributed by atoms with Gasteiger partial charge in [0.05, 0.1) is 0 Å². The van der Waals surface area contributed by atoms with Crippen LogP contribution in [0.4, 0.5) is 4.79 Å². The van der Waals surface area contributed by atoms with Gasteiger partial charge in [-0.05, 0) is 19.3 Å². The molecule has 3 N–H and O–H groups in total. The highest BCUT2D eigenvalue weighted by atomic mass is 16.4. The lowest BCUT2D eigenvalue weighted by molar-refractivity contribution is -0.144. The molecule has 0 aromatic carbocycles. The highest BCUT2D eigenvalue weighted by Gasteiger charge is 2.43. The molecule has 20 heavy (non-hydrogen) atoms. The summed E-state index contributed by atoms with van der Waals surface area (Å²) < 4.78 is 0. The van der Waals surface area contributed by atoms with Crippen molar-refractivity contribution < 1.29 is 19.5 Å². The van der Waals surface area contributed by atoms with Gasteiger partial charge < -0.3 is 20.6 Å². The van der Waals surface area contributed by atoms with Crippen LogP contribution >= 0.6 is 0 Å². The van der Waals surface area contributed by atoms with Crippen LogP contribution in [0.25, 0.3) is 0 Å². The fourth-order valence-electron chi connectivity index (χ4n) is 2.43. The number of carbonyl (C=O) groups excluding carboxylic acids is 2. The lowest BCUT2D eigenvalue weighted by Crippen LogP contribution is -2.57. The zero-order valence-corrected chi connectivity index (χ0v) is 12.1. The highest BCUT2D eigenvalue weighted by molar-refractivity contribution is 5.88. The van der Waals surface area contributed by atoms with Crippen LogP contribution in [-0.4, -0.2) is 53.6 Å². The molecule has 0 unspecified atom stereocenters. The number of carbonyl (C=O) groups is 3. The van der Waals surface area contributed by atoms with E-state index in [1.165, 1.54) is 11.9 Å². The van der Waals surface area contributed by atoms with Crippen molar-refractivity contribution in [2.75, 3.05) is 20.1 Å². The Bertz CT molecular complexity index is 378. The first kappa shape index (κ1) is 16.3. The third-order valence-corrected chi connectivity index (χ3v) is 3.61. The molecule has 0 radical (unpaired) electrons. The average Bonchev–Trinajstić information content (AvgIpc) is 2.87. The topological polar surface area (TPSA) is 98.7 Å². The van der Waals surface area contributed by atoms with E-state index < -0.39 is 17.5 Å². The quantitative estimate of drug-likeness (QED) is 0.663. The molecule has 0 atom stereocenters. The molecule has 0 saturated heterocycles. The van der Waals surface area contributed by atoms with Crippen LogP contribution in [0.2, 0.25) is 0 Å². The van der Waals surface area contributed by atoms with Gasteiger partial charge in [-0.15, -0.1) is 0 Å². The molecule has 7 heteroatoms. The van der Waals surface area contributed by atoms with Crippen molar-refractivity contribution in [3.63, 3.8) is 0 Å². The number of carboxylic acid groups (broad SMARTS) is 1. The SMILES string of the molecule is CCCN(CC(=O)NC)C(=O)NC1(C(=O)O)CCCC1. The standard InChI is InChI=1S/C13H23N3O4/c1-3-8-16(9-10(17)14-2)12(20)15-13(11(18)19)6-4-5-7-13/h3-9H2,1-2H3,(H,14,17)(H,15,20)(H,18,19). The minimum atomic E-state index is -1.17. The molecule has 0 aromatic heterocycles. The number of aliphatic carboxylic acids is 1. The molecule has 0 heterocycles. The number of likely N-dealkylation sites (N-methyl/N-ethyl adjacent to an activating group) is 1. The molecule has 0 spiro atoms. The molecule has 1 saturated carbocycles. The third-order valence-electron chi connectivity index (χ3n) is 3.61. The van der Waals surface area contributed by atoms with Crippen LogP contribution in [0.3, 0.4) is 0 Å². The van der Waals surface area contributed by atoms with E-state index in [9.17, 15) is 19.5 Å². The second-order valence-electron chi connectivity index (χ2n) is 5.12. The van der Waals surface area contributed by atoms with E-state index in [4.69, 9.17) is 0 Å². The fourth-order valence-corrected chi connectivity index (χ4v) is 2.43. The summed E-state index contributed by atoms with van der Waals surface area (Å²) in [6, 6.07) is -0.486. The predicted molar refractivity (Wildman–Crippen MR) is 73.3 cm³/mol. The second-order valence-corrected chi connectivity index (χ2v) is 5.12. The van der Waals surface area contributed by atoms with Gasteiger partial charge in [0.15, 0.2) is 0 Å². The molecule has 3 amide bonds. The first-order valence-corrected chi connectivity index (χ1v) is 6.96. The smallest absolute Gasteiger partial charge is 0.329 e. The van der Waals surface area contributed by atoms with Crippen molar-refractivity contribution in [3.05, 3.63) is 0 Å². The molecule has 1 rings (SSSR count). The summed E-state index contributed by atoms with van der Waals surface area (Å²) in [4.78, 5) is 36.4. The van der Waals surface area contributed by atoms with Crippen LogP contribution in [0.15, 0.2) is 0 Å². The van der Waals surface area contributed by atoms with Gasteiger partial charge in [0.25, 0.3) is 0 Å². The van der Waals surface area contributed by atoms with E-state index in [0.29, 0.717) is 25.8 Å². The van der Waals surface area contributed by atoms with Gasteiger partial charge in [-0.1, -0.05) is 19.8 Å². The van der Waals surface area contributed by atoms with Gasteiger partial charge in [0.2, 0.25) is 5.91 Å². The summed E-state index contributed by atoms with van der Waals surface area (Å²) in [7, 11) is 1.50. The van der Waals surface area contributed by atoms with E-state index in [0.717, 1.165) is 12.8 Å². The first-order chi connectivity index (χ1) is 9.45. The lowest BCUT2D eigenvalue weighted by atomic mass is 9.98. The van der Waals surface area contributed by atoms with Gasteiger partial charge >= 0.3 is 12.0 Å². The molecule has 1 aliphatic carbocycles. The number of rotatable bonds is 6. The van der Waals surface area contributed by atoms with Crippen molar-refractivity contribution in [2.45, 2.75) is 44.6 Å². The van der Waals surface area contributed by atoms with Gasteiger partial charge in [-0.2, -0.15) is 0 Å². The van der Waals surface area contributed by atoms with Crippen LogP contribution in [-0.2, 0) is 9.59 Å². The Hall–Kier alpha value is -1.79. The molecule has 0 aromatic rings. The molecule has 0 aliphatic heterocycles. The number of nitrogens with zero attached hydrogens (tertiary/aromatic N) is 1. The summed E-state index contributed by atoms with van der Waals surface area (Å²) >= 11 is 0. The van der Waals surface area contributed by atoms with Crippen molar-refractivity contribution in [3.8, 4) is 0 Å². The van der Waals surface area contributed by atoms with Crippen LogP contribution in [0.5, 0.6) is 0 Å². The van der Waals surface area contributed by atoms with E-state index >= 15 is 0 Å². The van der Waals surface area contributed by atoms with Crippen molar-refractivity contribution in [2.24, 2.45) is 0 Å². The maximum Gasteiger partial charge on any atom is 0.329 e. The summed E-state index contributed by atoms with van der Waals surface area (Å²) in [6.07, 6.45) is 3.15. The Kier molecular flexibility index (Phi) is 5.79. The van der Waals surface area contributed by atoms with Crippen LogP contribution in [0.1, 0.15) is 39.0 Å². The minimum absolute atomic E-state index is 0.0636. The Balaban J connectivity index is 2.73. The van der Waals surface area contributed by atoms with Crippen LogP contribution in [0, 0.1) is 0 Å². The lowest BCUT2D eigenvalue weighted by Gasteiger charge is -2.30. The van der Waals surface area contributed by atoms with Gasteiger partial charge in [0.1, 0.15) is 12.1 Å². The molecule has 1 fully saturated rings. The largest absolute Gasteiger partial charge is 0.480 e. The number of hydrogen-bond donors (Lipinski definition) is 3. The number of hydrogen-bond acceptors (Lipinski definition) is 3. The van der Waals surface area contributed by atoms with Crippen molar-refractivity contribution >= 4 is 17.9 Å². The molecule has 1 aliphatic rings. The number of urea groups is 1. The van der Waals surface area contributed by atoms with E-state index in [1.54, 1.807) is 0 Å². The normalized spacial score (nSPS) is 16.5. The second kappa shape index (κ2) is 7.12. The predicted octanol–water partition coefficient (Wildman–Crippen LogP) is 0.551. The summed E-state index contributed by atoms with van der Waals surface area (Å²) in [5.41, 5.74) is -1.17.